The summed E-state index contributed by atoms with van der Waals surface area (Å²) in [7, 11) is 0. The highest BCUT2D eigenvalue weighted by atomic mass is 35.5. The second kappa shape index (κ2) is 7.99. The van der Waals surface area contributed by atoms with Gasteiger partial charge in [-0.05, 0) is 62.2 Å². The summed E-state index contributed by atoms with van der Waals surface area (Å²) in [5.41, 5.74) is 0.392. The molecule has 2 atom stereocenters. The number of benzene rings is 2. The average molecular weight is 386 g/mol. The fourth-order valence-corrected chi connectivity index (χ4v) is 2.61. The topological polar surface area (TPSA) is 38.3 Å². The number of hydrogen-bond donors (Lipinski definition) is 1. The van der Waals surface area contributed by atoms with E-state index in [1.165, 1.54) is 12.1 Å². The number of hydrogen-bond acceptors (Lipinski definition) is 2. The minimum absolute atomic E-state index is 0.364. The molecule has 26 heavy (non-hydrogen) atoms. The molecule has 2 aromatic carbocycles. The van der Waals surface area contributed by atoms with Gasteiger partial charge in [0.25, 0.3) is 5.91 Å². The quantitative estimate of drug-likeness (QED) is 0.757. The summed E-state index contributed by atoms with van der Waals surface area (Å²) in [6, 6.07) is 9.31. The zero-order valence-electron chi connectivity index (χ0n) is 14.5. The van der Waals surface area contributed by atoms with Crippen molar-refractivity contribution in [2.24, 2.45) is 0 Å². The first kappa shape index (κ1) is 20.1. The van der Waals surface area contributed by atoms with Gasteiger partial charge >= 0.3 is 6.18 Å². The van der Waals surface area contributed by atoms with Gasteiger partial charge < -0.3 is 10.1 Å². The molecule has 0 aliphatic rings. The number of halogens is 4. The lowest BCUT2D eigenvalue weighted by Gasteiger charge is -2.20. The summed E-state index contributed by atoms with van der Waals surface area (Å²) in [5, 5.41) is 3.23. The Labute approximate surface area is 155 Å². The SMILES string of the molecule is Cc1cc(Cl)ccc1OC(C)C(=O)NC(C)c1cccc(C(F)(F)F)c1. The second-order valence-electron chi connectivity index (χ2n) is 6.02. The van der Waals surface area contributed by atoms with Crippen molar-refractivity contribution >= 4 is 17.5 Å². The Morgan fingerprint density at radius 3 is 2.46 bits per heavy atom. The third-order valence-electron chi connectivity index (χ3n) is 3.88. The van der Waals surface area contributed by atoms with Gasteiger partial charge in [-0.3, -0.25) is 4.79 Å². The van der Waals surface area contributed by atoms with Crippen molar-refractivity contribution < 1.29 is 22.7 Å². The Balaban J connectivity index is 2.04. The van der Waals surface area contributed by atoms with Gasteiger partial charge in [0.15, 0.2) is 6.10 Å². The molecule has 140 valence electrons. The molecule has 0 spiro atoms. The van der Waals surface area contributed by atoms with Gasteiger partial charge in [-0.25, -0.2) is 0 Å². The number of nitrogens with one attached hydrogen (secondary N) is 1. The van der Waals surface area contributed by atoms with Crippen LogP contribution in [0.2, 0.25) is 5.02 Å². The minimum Gasteiger partial charge on any atom is -0.481 e. The Bertz CT molecular complexity index is 793. The Morgan fingerprint density at radius 2 is 1.85 bits per heavy atom. The van der Waals surface area contributed by atoms with E-state index >= 15 is 0 Å². The van der Waals surface area contributed by atoms with Crippen LogP contribution in [0.25, 0.3) is 0 Å². The first-order valence-electron chi connectivity index (χ1n) is 7.98. The van der Waals surface area contributed by atoms with Gasteiger partial charge in [-0.2, -0.15) is 13.2 Å². The third kappa shape index (κ3) is 5.14. The molecule has 7 heteroatoms. The zero-order chi connectivity index (χ0) is 19.5. The molecule has 1 N–H and O–H groups in total. The largest absolute Gasteiger partial charge is 0.481 e. The van der Waals surface area contributed by atoms with E-state index in [0.717, 1.165) is 17.7 Å². The van der Waals surface area contributed by atoms with Crippen molar-refractivity contribution in [2.45, 2.75) is 39.1 Å². The van der Waals surface area contributed by atoms with Gasteiger partial charge in [-0.15, -0.1) is 0 Å². The summed E-state index contributed by atoms with van der Waals surface area (Å²) in [5.74, 6) is 0.0908. The molecule has 0 fully saturated rings. The molecule has 0 radical (unpaired) electrons. The highest BCUT2D eigenvalue weighted by Gasteiger charge is 2.31. The van der Waals surface area contributed by atoms with Crippen LogP contribution in [0.15, 0.2) is 42.5 Å². The fourth-order valence-electron chi connectivity index (χ4n) is 2.39. The Morgan fingerprint density at radius 1 is 1.15 bits per heavy atom. The molecule has 0 bridgehead atoms. The maximum Gasteiger partial charge on any atom is 0.416 e. The van der Waals surface area contributed by atoms with Crippen LogP contribution < -0.4 is 10.1 Å². The molecule has 3 nitrogen and oxygen atoms in total. The van der Waals surface area contributed by atoms with Crippen molar-refractivity contribution in [2.75, 3.05) is 0 Å². The van der Waals surface area contributed by atoms with Crippen LogP contribution in [0.1, 0.15) is 36.6 Å². The zero-order valence-corrected chi connectivity index (χ0v) is 15.3. The maximum atomic E-state index is 12.8. The van der Waals surface area contributed by atoms with E-state index in [-0.39, 0.29) is 0 Å². The van der Waals surface area contributed by atoms with Crippen LogP contribution in [0.4, 0.5) is 13.2 Å². The van der Waals surface area contributed by atoms with Crippen LogP contribution in [0.5, 0.6) is 5.75 Å². The standard InChI is InChI=1S/C19H19ClF3NO2/c1-11-9-16(20)7-8-17(11)26-13(3)18(25)24-12(2)14-5-4-6-15(10-14)19(21,22)23/h4-10,12-13H,1-3H3,(H,24,25). The lowest BCUT2D eigenvalue weighted by Crippen LogP contribution is -2.37. The van der Waals surface area contributed by atoms with Crippen molar-refractivity contribution in [3.05, 3.63) is 64.2 Å². The summed E-state index contributed by atoms with van der Waals surface area (Å²) in [6.07, 6.45) is -5.24. The van der Waals surface area contributed by atoms with E-state index in [1.54, 1.807) is 39.0 Å². The molecular formula is C19H19ClF3NO2. The normalized spacial score (nSPS) is 13.8. The molecule has 0 aliphatic heterocycles. The summed E-state index contributed by atoms with van der Waals surface area (Å²) in [6.45, 7) is 4.99. The summed E-state index contributed by atoms with van der Waals surface area (Å²) in [4.78, 5) is 12.3. The van der Waals surface area contributed by atoms with Crippen LogP contribution >= 0.6 is 11.6 Å². The smallest absolute Gasteiger partial charge is 0.416 e. The summed E-state index contributed by atoms with van der Waals surface area (Å²) >= 11 is 5.88. The number of carbonyl (C=O) groups is 1. The molecule has 2 unspecified atom stereocenters. The summed E-state index contributed by atoms with van der Waals surface area (Å²) < 4.78 is 44.1. The molecule has 0 heterocycles. The lowest BCUT2D eigenvalue weighted by molar-refractivity contribution is -0.137. The Kier molecular flexibility index (Phi) is 6.18. The van der Waals surface area contributed by atoms with Gasteiger partial charge in [-0.1, -0.05) is 23.7 Å². The van der Waals surface area contributed by atoms with Crippen molar-refractivity contribution in [1.29, 1.82) is 0 Å². The minimum atomic E-state index is -4.43. The van der Waals surface area contributed by atoms with Crippen molar-refractivity contribution in [3.63, 3.8) is 0 Å². The van der Waals surface area contributed by atoms with E-state index in [4.69, 9.17) is 16.3 Å². The van der Waals surface area contributed by atoms with Crippen LogP contribution in [0, 0.1) is 6.92 Å². The number of aryl methyl sites for hydroxylation is 1. The van der Waals surface area contributed by atoms with Gasteiger partial charge in [0.1, 0.15) is 5.75 Å². The fraction of sp³-hybridized carbons (Fsp3) is 0.316. The maximum absolute atomic E-state index is 12.8. The molecule has 1 amide bonds. The first-order valence-corrected chi connectivity index (χ1v) is 8.36. The van der Waals surface area contributed by atoms with E-state index in [0.29, 0.717) is 16.3 Å². The van der Waals surface area contributed by atoms with E-state index in [1.807, 2.05) is 0 Å². The van der Waals surface area contributed by atoms with E-state index in [2.05, 4.69) is 5.32 Å². The molecule has 2 rings (SSSR count). The number of rotatable bonds is 5. The number of ether oxygens (including phenoxy) is 1. The monoisotopic (exact) mass is 385 g/mol. The van der Waals surface area contributed by atoms with Crippen molar-refractivity contribution in [3.8, 4) is 5.75 Å². The second-order valence-corrected chi connectivity index (χ2v) is 6.46. The van der Waals surface area contributed by atoms with E-state index < -0.39 is 29.8 Å². The predicted molar refractivity (Wildman–Crippen MR) is 94.3 cm³/mol. The molecule has 0 saturated carbocycles. The Hall–Kier alpha value is -2.21. The number of alkyl halides is 3. The number of amides is 1. The van der Waals surface area contributed by atoms with Crippen molar-refractivity contribution in [1.82, 2.24) is 5.32 Å². The average Bonchev–Trinajstić information content (AvgIpc) is 2.56. The van der Waals surface area contributed by atoms with Gasteiger partial charge in [0.05, 0.1) is 11.6 Å². The number of carbonyl (C=O) groups excluding carboxylic acids is 1. The van der Waals surface area contributed by atoms with Crippen LogP contribution in [-0.2, 0) is 11.0 Å². The first-order chi connectivity index (χ1) is 12.1. The molecule has 0 aromatic heterocycles. The predicted octanol–water partition coefficient (Wildman–Crippen LogP) is 5.31. The lowest BCUT2D eigenvalue weighted by atomic mass is 10.0. The third-order valence-corrected chi connectivity index (χ3v) is 4.12. The van der Waals surface area contributed by atoms with Crippen LogP contribution in [0.3, 0.4) is 0 Å². The highest BCUT2D eigenvalue weighted by Crippen LogP contribution is 2.30. The van der Waals surface area contributed by atoms with E-state index in [9.17, 15) is 18.0 Å². The molecule has 0 saturated heterocycles. The van der Waals surface area contributed by atoms with Gasteiger partial charge in [0.2, 0.25) is 0 Å². The molecule has 2 aromatic rings. The van der Waals surface area contributed by atoms with Crippen LogP contribution in [-0.4, -0.2) is 12.0 Å². The molecule has 0 aliphatic carbocycles. The van der Waals surface area contributed by atoms with Gasteiger partial charge in [0, 0.05) is 5.02 Å². The highest BCUT2D eigenvalue weighted by molar-refractivity contribution is 6.30. The molecular weight excluding hydrogens is 367 g/mol.